The highest BCUT2D eigenvalue weighted by Crippen LogP contribution is 2.57. The summed E-state index contributed by atoms with van der Waals surface area (Å²) in [6, 6.07) is 16.6. The average molecular weight is 555 g/mol. The molecule has 3 aromatic carbocycles. The van der Waals surface area contributed by atoms with Crippen molar-refractivity contribution in [2.75, 3.05) is 4.90 Å². The number of hydrogen-bond acceptors (Lipinski definition) is 5. The Morgan fingerprint density at radius 3 is 2.11 bits per heavy atom. The predicted molar refractivity (Wildman–Crippen MR) is 127 cm³/mol. The third-order valence-corrected chi connectivity index (χ3v) is 7.70. The smallest absolute Gasteiger partial charge is 0.241 e. The minimum absolute atomic E-state index is 0.0564. The van der Waals surface area contributed by atoms with Crippen LogP contribution in [0.5, 0.6) is 0 Å². The summed E-state index contributed by atoms with van der Waals surface area (Å²) in [6.07, 6.45) is -1.03. The molecule has 0 radical (unpaired) electrons. The van der Waals surface area contributed by atoms with Crippen LogP contribution in [0.4, 0.5) is 10.1 Å². The van der Waals surface area contributed by atoms with E-state index in [1.807, 2.05) is 0 Å². The van der Waals surface area contributed by atoms with Crippen LogP contribution < -0.4 is 4.90 Å². The van der Waals surface area contributed by atoms with Crippen molar-refractivity contribution >= 4 is 56.6 Å². The van der Waals surface area contributed by atoms with Gasteiger partial charge in [0.2, 0.25) is 29.0 Å². The number of nitrogens with zero attached hydrogens (tertiary/aromatic N) is 1. The van der Waals surface area contributed by atoms with Crippen LogP contribution in [-0.4, -0.2) is 29.0 Å². The van der Waals surface area contributed by atoms with E-state index in [1.54, 1.807) is 36.4 Å². The second-order valence-corrected chi connectivity index (χ2v) is 9.97. The van der Waals surface area contributed by atoms with Crippen molar-refractivity contribution in [1.82, 2.24) is 0 Å². The van der Waals surface area contributed by atoms with Gasteiger partial charge in [0.1, 0.15) is 5.82 Å². The Kier molecular flexibility index (Phi) is 4.87. The lowest BCUT2D eigenvalue weighted by Crippen LogP contribution is -2.51. The average Bonchev–Trinajstić information content (AvgIpc) is 3.41. The standard InChI is InChI=1S/C26H14BrClFNO5/c27-13-7-5-12(6-8-13)21-19-20(25(34)30(24(19)33)14-9-10-18(29)17(28)11-14)26(35-21)22(31)15-3-1-2-4-16(15)23(26)32/h1-11,19-21H. The highest BCUT2D eigenvalue weighted by Gasteiger charge is 2.74. The van der Waals surface area contributed by atoms with Crippen LogP contribution in [0.1, 0.15) is 32.4 Å². The minimum Gasteiger partial charge on any atom is -0.349 e. The molecule has 6 rings (SSSR count). The number of ketones is 2. The summed E-state index contributed by atoms with van der Waals surface area (Å²) in [5.41, 5.74) is -1.28. The fourth-order valence-electron chi connectivity index (χ4n) is 5.35. The Labute approximate surface area is 211 Å². The van der Waals surface area contributed by atoms with E-state index in [4.69, 9.17) is 16.3 Å². The lowest BCUT2D eigenvalue weighted by atomic mass is 9.77. The molecule has 6 nitrogen and oxygen atoms in total. The Hall–Kier alpha value is -3.20. The number of carbonyl (C=O) groups excluding carboxylic acids is 4. The molecule has 2 aliphatic heterocycles. The van der Waals surface area contributed by atoms with Crippen LogP contribution in [0.3, 0.4) is 0 Å². The maximum Gasteiger partial charge on any atom is 0.241 e. The number of ether oxygens (including phenoxy) is 1. The second kappa shape index (κ2) is 7.65. The number of rotatable bonds is 2. The van der Waals surface area contributed by atoms with Gasteiger partial charge in [-0.3, -0.25) is 19.2 Å². The van der Waals surface area contributed by atoms with E-state index in [0.717, 1.165) is 15.4 Å². The molecule has 0 saturated carbocycles. The van der Waals surface area contributed by atoms with Gasteiger partial charge in [0.25, 0.3) is 0 Å². The zero-order valence-electron chi connectivity index (χ0n) is 17.7. The molecule has 3 aromatic rings. The SMILES string of the molecule is O=C1C2C(c3ccc(Br)cc3)OC3(C(=O)c4ccccc4C3=O)C2C(=O)N1c1ccc(F)c(Cl)c1. The van der Waals surface area contributed by atoms with Gasteiger partial charge in [0, 0.05) is 15.6 Å². The summed E-state index contributed by atoms with van der Waals surface area (Å²) in [7, 11) is 0. The molecule has 3 unspecified atom stereocenters. The molecule has 2 heterocycles. The molecule has 0 N–H and O–H groups in total. The summed E-state index contributed by atoms with van der Waals surface area (Å²) >= 11 is 9.28. The fourth-order valence-corrected chi connectivity index (χ4v) is 5.79. The molecule has 35 heavy (non-hydrogen) atoms. The minimum atomic E-state index is -2.17. The molecule has 2 fully saturated rings. The summed E-state index contributed by atoms with van der Waals surface area (Å²) in [4.78, 5) is 55.8. The number of carbonyl (C=O) groups is 4. The number of anilines is 1. The number of imide groups is 1. The van der Waals surface area contributed by atoms with E-state index in [1.165, 1.54) is 24.3 Å². The monoisotopic (exact) mass is 553 g/mol. The van der Waals surface area contributed by atoms with Gasteiger partial charge < -0.3 is 4.74 Å². The first-order valence-electron chi connectivity index (χ1n) is 10.7. The van der Waals surface area contributed by atoms with Gasteiger partial charge in [-0.05, 0) is 35.9 Å². The Balaban J connectivity index is 1.54. The summed E-state index contributed by atoms with van der Waals surface area (Å²) in [6.45, 7) is 0. The molecule has 3 aliphatic rings. The van der Waals surface area contributed by atoms with Crippen LogP contribution in [-0.2, 0) is 14.3 Å². The Morgan fingerprint density at radius 1 is 0.886 bits per heavy atom. The Bertz CT molecular complexity index is 1440. The van der Waals surface area contributed by atoms with E-state index < -0.39 is 52.7 Å². The van der Waals surface area contributed by atoms with Gasteiger partial charge in [0.15, 0.2) is 0 Å². The number of amides is 2. The molecule has 2 amide bonds. The van der Waals surface area contributed by atoms with Gasteiger partial charge in [0.05, 0.1) is 28.6 Å². The zero-order chi connectivity index (χ0) is 24.6. The topological polar surface area (TPSA) is 80.8 Å². The lowest BCUT2D eigenvalue weighted by molar-refractivity contribution is -0.127. The van der Waals surface area contributed by atoms with Crippen LogP contribution in [0.15, 0.2) is 71.2 Å². The first-order chi connectivity index (χ1) is 16.8. The van der Waals surface area contributed by atoms with E-state index in [0.29, 0.717) is 5.56 Å². The van der Waals surface area contributed by atoms with Gasteiger partial charge in [-0.1, -0.05) is 63.9 Å². The fraction of sp³-hybridized carbons (Fsp3) is 0.154. The van der Waals surface area contributed by atoms with E-state index >= 15 is 0 Å². The van der Waals surface area contributed by atoms with Crippen molar-refractivity contribution in [3.8, 4) is 0 Å². The normalized spacial score (nSPS) is 24.4. The maximum atomic E-state index is 13.8. The van der Waals surface area contributed by atoms with Crippen molar-refractivity contribution in [2.45, 2.75) is 11.7 Å². The van der Waals surface area contributed by atoms with Crippen LogP contribution in [0.2, 0.25) is 5.02 Å². The highest BCUT2D eigenvalue weighted by atomic mass is 79.9. The maximum absolute atomic E-state index is 13.8. The predicted octanol–water partition coefficient (Wildman–Crippen LogP) is 4.94. The van der Waals surface area contributed by atoms with Gasteiger partial charge in [-0.2, -0.15) is 0 Å². The third kappa shape index (κ3) is 2.90. The van der Waals surface area contributed by atoms with Crippen LogP contribution >= 0.6 is 27.5 Å². The third-order valence-electron chi connectivity index (χ3n) is 6.88. The van der Waals surface area contributed by atoms with Crippen molar-refractivity contribution in [3.63, 3.8) is 0 Å². The summed E-state index contributed by atoms with van der Waals surface area (Å²) in [5, 5.41) is -0.268. The number of hydrogen-bond donors (Lipinski definition) is 0. The van der Waals surface area contributed by atoms with Gasteiger partial charge >= 0.3 is 0 Å². The first-order valence-corrected chi connectivity index (χ1v) is 11.9. The zero-order valence-corrected chi connectivity index (χ0v) is 20.0. The number of halogens is 3. The van der Waals surface area contributed by atoms with Crippen LogP contribution in [0, 0.1) is 17.7 Å². The van der Waals surface area contributed by atoms with Gasteiger partial charge in [-0.15, -0.1) is 0 Å². The van der Waals surface area contributed by atoms with Crippen LogP contribution in [0.25, 0.3) is 0 Å². The molecule has 0 aromatic heterocycles. The molecule has 0 bridgehead atoms. The van der Waals surface area contributed by atoms with Crippen molar-refractivity contribution in [3.05, 3.63) is 98.7 Å². The number of benzene rings is 3. The summed E-state index contributed by atoms with van der Waals surface area (Å²) < 4.78 is 20.8. The molecule has 3 atom stereocenters. The molecule has 1 spiro atoms. The molecule has 2 saturated heterocycles. The van der Waals surface area contributed by atoms with Crippen molar-refractivity contribution in [2.24, 2.45) is 11.8 Å². The quantitative estimate of drug-likeness (QED) is 0.331. The van der Waals surface area contributed by atoms with E-state index in [-0.39, 0.29) is 21.8 Å². The second-order valence-electron chi connectivity index (χ2n) is 8.64. The molecular formula is C26H14BrClFNO5. The number of fused-ring (bicyclic) bond motifs is 3. The molecule has 1 aliphatic carbocycles. The van der Waals surface area contributed by atoms with E-state index in [2.05, 4.69) is 15.9 Å². The highest BCUT2D eigenvalue weighted by molar-refractivity contribution is 9.10. The molecule has 9 heteroatoms. The molecular weight excluding hydrogens is 541 g/mol. The van der Waals surface area contributed by atoms with Gasteiger partial charge in [-0.25, -0.2) is 9.29 Å². The summed E-state index contributed by atoms with van der Waals surface area (Å²) in [5.74, 6) is -5.95. The largest absolute Gasteiger partial charge is 0.349 e. The lowest BCUT2D eigenvalue weighted by Gasteiger charge is -2.27. The number of Topliss-reactive ketones (excluding diaryl/α,β-unsaturated/α-hetero) is 2. The first kappa shape index (κ1) is 22.3. The van der Waals surface area contributed by atoms with E-state index in [9.17, 15) is 23.6 Å². The van der Waals surface area contributed by atoms with Crippen molar-refractivity contribution < 1.29 is 28.3 Å². The van der Waals surface area contributed by atoms with Crippen molar-refractivity contribution in [1.29, 1.82) is 0 Å². The Morgan fingerprint density at radius 2 is 1.51 bits per heavy atom. The molecule has 174 valence electrons.